The molecule has 2 heterocycles. The normalized spacial score (nSPS) is 29.8. The van der Waals surface area contributed by atoms with Gasteiger partial charge in [-0.05, 0) is 12.2 Å². The Morgan fingerprint density at radius 2 is 2.12 bits per heavy atom. The molecule has 0 bridgehead atoms. The maximum absolute atomic E-state index is 5.75. The molecule has 0 radical (unpaired) electrons. The van der Waals surface area contributed by atoms with Gasteiger partial charge in [0.15, 0.2) is 0 Å². The number of piperazine rings is 1. The van der Waals surface area contributed by atoms with Gasteiger partial charge in [-0.2, -0.15) is 0 Å². The highest BCUT2D eigenvalue weighted by Crippen LogP contribution is 2.26. The van der Waals surface area contributed by atoms with Crippen molar-refractivity contribution < 1.29 is 4.74 Å². The van der Waals surface area contributed by atoms with E-state index >= 15 is 0 Å². The van der Waals surface area contributed by atoms with Gasteiger partial charge in [-0.3, -0.25) is 0 Å². The molecule has 0 aromatic carbocycles. The van der Waals surface area contributed by atoms with Crippen molar-refractivity contribution in [1.29, 1.82) is 0 Å². The van der Waals surface area contributed by atoms with Crippen LogP contribution in [-0.4, -0.2) is 37.2 Å². The van der Waals surface area contributed by atoms with Gasteiger partial charge in [0.25, 0.3) is 0 Å². The first-order chi connectivity index (χ1) is 7.86. The van der Waals surface area contributed by atoms with E-state index in [0.717, 1.165) is 37.7 Å². The molecule has 1 N–H and O–H groups in total. The van der Waals surface area contributed by atoms with E-state index in [4.69, 9.17) is 4.74 Å². The Morgan fingerprint density at radius 3 is 2.88 bits per heavy atom. The Labute approximate surface area is 96.8 Å². The van der Waals surface area contributed by atoms with Crippen molar-refractivity contribution in [2.75, 3.05) is 26.2 Å². The molecule has 16 heavy (non-hydrogen) atoms. The fourth-order valence-electron chi connectivity index (χ4n) is 2.16. The summed E-state index contributed by atoms with van der Waals surface area (Å²) in [6.07, 6.45) is 7.48. The van der Waals surface area contributed by atoms with Crippen molar-refractivity contribution in [3.8, 4) is 0 Å². The summed E-state index contributed by atoms with van der Waals surface area (Å²) in [6.45, 7) is 11.2. The lowest BCUT2D eigenvalue weighted by molar-refractivity contribution is 0.0590. The van der Waals surface area contributed by atoms with Gasteiger partial charge < -0.3 is 15.0 Å². The van der Waals surface area contributed by atoms with Crippen LogP contribution < -0.4 is 5.32 Å². The van der Waals surface area contributed by atoms with Gasteiger partial charge in [-0.25, -0.2) is 0 Å². The Morgan fingerprint density at radius 1 is 1.31 bits per heavy atom. The van der Waals surface area contributed by atoms with E-state index in [1.54, 1.807) is 12.2 Å². The molecule has 0 spiro atoms. The molecule has 2 rings (SSSR count). The number of fused-ring (bicyclic) bond motifs is 1. The predicted molar refractivity (Wildman–Crippen MR) is 65.9 cm³/mol. The maximum Gasteiger partial charge on any atom is 0.142 e. The molecule has 2 aliphatic rings. The number of nitrogens with one attached hydrogen (secondary N) is 1. The minimum absolute atomic E-state index is 0.432. The molecule has 0 aromatic heterocycles. The van der Waals surface area contributed by atoms with Gasteiger partial charge in [0.05, 0.1) is 11.7 Å². The Hall–Kier alpha value is -1.48. The molecule has 0 aromatic rings. The van der Waals surface area contributed by atoms with Crippen molar-refractivity contribution in [2.24, 2.45) is 0 Å². The summed E-state index contributed by atoms with van der Waals surface area (Å²) < 4.78 is 5.75. The van der Waals surface area contributed by atoms with E-state index in [1.165, 1.54) is 0 Å². The van der Waals surface area contributed by atoms with Crippen LogP contribution in [0.15, 0.2) is 48.9 Å². The van der Waals surface area contributed by atoms with E-state index in [2.05, 4.69) is 23.4 Å². The van der Waals surface area contributed by atoms with E-state index in [1.807, 2.05) is 12.2 Å². The second-order valence-corrected chi connectivity index (χ2v) is 3.92. The van der Waals surface area contributed by atoms with Gasteiger partial charge in [-0.15, -0.1) is 0 Å². The van der Waals surface area contributed by atoms with Crippen molar-refractivity contribution >= 4 is 0 Å². The minimum atomic E-state index is 0.432. The van der Waals surface area contributed by atoms with Crippen LogP contribution in [0, 0.1) is 0 Å². The fourth-order valence-corrected chi connectivity index (χ4v) is 2.16. The van der Waals surface area contributed by atoms with E-state index in [9.17, 15) is 0 Å². The van der Waals surface area contributed by atoms with Crippen molar-refractivity contribution in [2.45, 2.75) is 6.04 Å². The predicted octanol–water partition coefficient (Wildman–Crippen LogP) is 1.43. The highest BCUT2D eigenvalue weighted by atomic mass is 16.5. The van der Waals surface area contributed by atoms with Gasteiger partial charge in [0.1, 0.15) is 12.4 Å². The molecule has 2 aliphatic heterocycles. The second-order valence-electron chi connectivity index (χ2n) is 3.92. The minimum Gasteiger partial charge on any atom is -0.489 e. The van der Waals surface area contributed by atoms with Gasteiger partial charge >= 0.3 is 0 Å². The highest BCUT2D eigenvalue weighted by Gasteiger charge is 2.30. The molecule has 3 heteroatoms. The molecule has 0 saturated carbocycles. The number of nitrogens with zero attached hydrogens (tertiary/aromatic N) is 1. The summed E-state index contributed by atoms with van der Waals surface area (Å²) in [4.78, 5) is 2.39. The lowest BCUT2D eigenvalue weighted by Crippen LogP contribution is -2.55. The maximum atomic E-state index is 5.75. The van der Waals surface area contributed by atoms with Crippen LogP contribution >= 0.6 is 0 Å². The fraction of sp³-hybridized carbons (Fsp3) is 0.385. The topological polar surface area (TPSA) is 24.5 Å². The summed E-state index contributed by atoms with van der Waals surface area (Å²) in [5.74, 6) is 0.896. The number of morpholine rings is 1. The first-order valence-corrected chi connectivity index (χ1v) is 5.62. The third-order valence-electron chi connectivity index (χ3n) is 2.89. The van der Waals surface area contributed by atoms with Crippen LogP contribution in [-0.2, 0) is 4.74 Å². The highest BCUT2D eigenvalue weighted by molar-refractivity contribution is 5.33. The number of allylic oxidation sites excluding steroid dienone is 4. The van der Waals surface area contributed by atoms with Crippen LogP contribution in [0.25, 0.3) is 0 Å². The van der Waals surface area contributed by atoms with Crippen molar-refractivity contribution in [1.82, 2.24) is 10.2 Å². The smallest absolute Gasteiger partial charge is 0.142 e. The molecular weight excluding hydrogens is 200 g/mol. The molecule has 0 amide bonds. The first kappa shape index (κ1) is 11.0. The monoisotopic (exact) mass is 218 g/mol. The molecule has 1 unspecified atom stereocenters. The number of hydrogen-bond acceptors (Lipinski definition) is 3. The van der Waals surface area contributed by atoms with E-state index < -0.39 is 0 Å². The van der Waals surface area contributed by atoms with Crippen molar-refractivity contribution in [3.05, 3.63) is 48.9 Å². The molecule has 1 atom stereocenters. The second kappa shape index (κ2) is 5.03. The van der Waals surface area contributed by atoms with Crippen LogP contribution in [0.5, 0.6) is 0 Å². The SMILES string of the molecule is C=C/C=C1/OCC2CNCCN2/C1=C/C=C. The quantitative estimate of drug-likeness (QED) is 0.759. The lowest BCUT2D eigenvalue weighted by Gasteiger charge is -2.43. The molecular formula is C13H18N2O. The number of hydrogen-bond donors (Lipinski definition) is 1. The van der Waals surface area contributed by atoms with Crippen LogP contribution in [0.4, 0.5) is 0 Å². The molecule has 2 fully saturated rings. The molecule has 86 valence electrons. The van der Waals surface area contributed by atoms with Crippen LogP contribution in [0.3, 0.4) is 0 Å². The van der Waals surface area contributed by atoms with Crippen LogP contribution in [0.1, 0.15) is 0 Å². The Bertz CT molecular complexity index is 344. The standard InChI is InChI=1S/C13H18N2O/c1-3-5-12-13(6-4-2)16-10-11-9-14-7-8-15(11)12/h3-6,11,14H,1-2,7-10H2/b12-5+,13-6+. The summed E-state index contributed by atoms with van der Waals surface area (Å²) in [6, 6.07) is 0.432. The Kier molecular flexibility index (Phi) is 3.47. The Balaban J connectivity index is 2.27. The summed E-state index contributed by atoms with van der Waals surface area (Å²) in [5, 5.41) is 3.38. The number of ether oxygens (including phenoxy) is 1. The zero-order valence-corrected chi connectivity index (χ0v) is 9.48. The van der Waals surface area contributed by atoms with E-state index in [0.29, 0.717) is 6.04 Å². The molecule has 2 saturated heterocycles. The average Bonchev–Trinajstić information content (AvgIpc) is 2.32. The van der Waals surface area contributed by atoms with Gasteiger partial charge in [0.2, 0.25) is 0 Å². The van der Waals surface area contributed by atoms with Crippen molar-refractivity contribution in [3.63, 3.8) is 0 Å². The average molecular weight is 218 g/mol. The molecule has 3 nitrogen and oxygen atoms in total. The largest absolute Gasteiger partial charge is 0.489 e. The summed E-state index contributed by atoms with van der Waals surface area (Å²) in [7, 11) is 0. The first-order valence-electron chi connectivity index (χ1n) is 5.62. The lowest BCUT2D eigenvalue weighted by atomic mass is 10.1. The summed E-state index contributed by atoms with van der Waals surface area (Å²) in [5.41, 5.74) is 1.12. The third-order valence-corrected chi connectivity index (χ3v) is 2.89. The summed E-state index contributed by atoms with van der Waals surface area (Å²) >= 11 is 0. The van der Waals surface area contributed by atoms with Gasteiger partial charge in [0, 0.05) is 19.6 Å². The zero-order valence-electron chi connectivity index (χ0n) is 9.48. The third kappa shape index (κ3) is 2.04. The van der Waals surface area contributed by atoms with Gasteiger partial charge in [-0.1, -0.05) is 25.3 Å². The zero-order chi connectivity index (χ0) is 11.4. The van der Waals surface area contributed by atoms with Crippen LogP contribution in [0.2, 0.25) is 0 Å². The molecule has 0 aliphatic carbocycles. The number of rotatable bonds is 2. The van der Waals surface area contributed by atoms with E-state index in [-0.39, 0.29) is 0 Å².